The summed E-state index contributed by atoms with van der Waals surface area (Å²) in [6.07, 6.45) is 5.22. The van der Waals surface area contributed by atoms with E-state index in [0.29, 0.717) is 20.6 Å². The molecule has 0 radical (unpaired) electrons. The van der Waals surface area contributed by atoms with Gasteiger partial charge in [0, 0.05) is 29.2 Å². The Morgan fingerprint density at radius 1 is 1.07 bits per heavy atom. The first kappa shape index (κ1) is 20.9. The van der Waals surface area contributed by atoms with E-state index in [1.807, 2.05) is 18.2 Å². The van der Waals surface area contributed by atoms with Gasteiger partial charge in [-0.2, -0.15) is 0 Å². The molecule has 2 aromatic rings. The van der Waals surface area contributed by atoms with Gasteiger partial charge in [-0.3, -0.25) is 10.1 Å². The molecule has 1 saturated heterocycles. The molecule has 1 aliphatic heterocycles. The van der Waals surface area contributed by atoms with Crippen molar-refractivity contribution in [2.45, 2.75) is 12.8 Å². The second-order valence-electron chi connectivity index (χ2n) is 6.27. The summed E-state index contributed by atoms with van der Waals surface area (Å²) in [5, 5.41) is 7.55. The van der Waals surface area contributed by atoms with Crippen LogP contribution in [0.4, 0.5) is 11.4 Å². The molecule has 0 aromatic heterocycles. The molecule has 0 bridgehead atoms. The van der Waals surface area contributed by atoms with Crippen molar-refractivity contribution in [2.24, 2.45) is 0 Å². The van der Waals surface area contributed by atoms with E-state index in [1.54, 1.807) is 24.3 Å². The van der Waals surface area contributed by atoms with Crippen LogP contribution in [0.5, 0.6) is 0 Å². The maximum Gasteiger partial charge on any atom is 0.250 e. The van der Waals surface area contributed by atoms with Crippen LogP contribution in [0.2, 0.25) is 15.1 Å². The topological polar surface area (TPSA) is 44.4 Å². The number of anilines is 2. The summed E-state index contributed by atoms with van der Waals surface area (Å²) in [5.41, 5.74) is 2.36. The van der Waals surface area contributed by atoms with Crippen LogP contribution in [0, 0.1) is 0 Å². The molecule has 0 aliphatic carbocycles. The van der Waals surface area contributed by atoms with E-state index < -0.39 is 0 Å². The predicted octanol–water partition coefficient (Wildman–Crippen LogP) is 5.77. The number of carbonyl (C=O) groups is 1. The number of rotatable bonds is 4. The van der Waals surface area contributed by atoms with Gasteiger partial charge >= 0.3 is 0 Å². The number of hydrogen-bond acceptors (Lipinski definition) is 3. The first-order valence-corrected chi connectivity index (χ1v) is 10.3. The molecule has 146 valence electrons. The van der Waals surface area contributed by atoms with Gasteiger partial charge in [0.2, 0.25) is 5.91 Å². The molecule has 28 heavy (non-hydrogen) atoms. The summed E-state index contributed by atoms with van der Waals surface area (Å²) in [7, 11) is 0. The minimum absolute atomic E-state index is 0.194. The van der Waals surface area contributed by atoms with E-state index in [-0.39, 0.29) is 11.0 Å². The first-order valence-electron chi connectivity index (χ1n) is 8.72. The monoisotopic (exact) mass is 453 g/mol. The van der Waals surface area contributed by atoms with Crippen molar-refractivity contribution in [3.8, 4) is 0 Å². The number of nitrogens with one attached hydrogen (secondary N) is 2. The molecular formula is C20H18Cl3N3OS. The zero-order chi connectivity index (χ0) is 20.1. The number of halogens is 3. The van der Waals surface area contributed by atoms with Crippen molar-refractivity contribution >= 4 is 75.5 Å². The molecule has 8 heteroatoms. The Kier molecular flexibility index (Phi) is 7.18. The molecule has 1 fully saturated rings. The highest BCUT2D eigenvalue weighted by molar-refractivity contribution is 7.80. The molecule has 1 amide bonds. The Balaban J connectivity index is 1.65. The van der Waals surface area contributed by atoms with Crippen LogP contribution in [0.3, 0.4) is 0 Å². The van der Waals surface area contributed by atoms with Crippen molar-refractivity contribution in [3.63, 3.8) is 0 Å². The van der Waals surface area contributed by atoms with E-state index >= 15 is 0 Å². The fraction of sp³-hybridized carbons (Fsp3) is 0.200. The number of benzene rings is 2. The molecule has 0 unspecified atom stereocenters. The smallest absolute Gasteiger partial charge is 0.250 e. The van der Waals surface area contributed by atoms with E-state index in [2.05, 4.69) is 15.5 Å². The number of amides is 1. The van der Waals surface area contributed by atoms with E-state index in [1.165, 1.54) is 6.08 Å². The van der Waals surface area contributed by atoms with Crippen LogP contribution >= 0.6 is 47.0 Å². The maximum atomic E-state index is 12.2. The lowest BCUT2D eigenvalue weighted by molar-refractivity contribution is -0.115. The number of hydrogen-bond donors (Lipinski definition) is 2. The molecule has 0 spiro atoms. The molecular weight excluding hydrogens is 437 g/mol. The highest BCUT2D eigenvalue weighted by Crippen LogP contribution is 2.35. The van der Waals surface area contributed by atoms with Crippen molar-refractivity contribution in [2.75, 3.05) is 23.3 Å². The fourth-order valence-electron chi connectivity index (χ4n) is 2.99. The van der Waals surface area contributed by atoms with Crippen molar-refractivity contribution < 1.29 is 4.79 Å². The molecule has 1 heterocycles. The van der Waals surface area contributed by atoms with Crippen LogP contribution in [0.1, 0.15) is 18.4 Å². The number of carbonyl (C=O) groups excluding carboxylic acids is 1. The molecule has 2 N–H and O–H groups in total. The summed E-state index contributed by atoms with van der Waals surface area (Å²) in [5.74, 6) is -0.367. The number of thiocarbonyl (C=S) groups is 1. The minimum atomic E-state index is -0.367. The van der Waals surface area contributed by atoms with Crippen LogP contribution < -0.4 is 15.5 Å². The van der Waals surface area contributed by atoms with Crippen molar-refractivity contribution in [1.82, 2.24) is 5.32 Å². The van der Waals surface area contributed by atoms with Gasteiger partial charge in [0.25, 0.3) is 0 Å². The predicted molar refractivity (Wildman–Crippen MR) is 123 cm³/mol. The van der Waals surface area contributed by atoms with Gasteiger partial charge in [-0.25, -0.2) is 0 Å². The van der Waals surface area contributed by atoms with Gasteiger partial charge in [0.15, 0.2) is 5.11 Å². The first-order chi connectivity index (χ1) is 13.4. The summed E-state index contributed by atoms with van der Waals surface area (Å²) < 4.78 is 0. The SMILES string of the molecule is O=C(C=Cc1ccc(Cl)cc1Cl)NC(=S)Nc1cccc(Cl)c1N1CCCC1. The largest absolute Gasteiger partial charge is 0.369 e. The average molecular weight is 455 g/mol. The summed E-state index contributed by atoms with van der Waals surface area (Å²) >= 11 is 23.6. The molecule has 4 nitrogen and oxygen atoms in total. The van der Waals surface area contributed by atoms with Crippen LogP contribution in [-0.4, -0.2) is 24.1 Å². The quantitative estimate of drug-likeness (QED) is 0.454. The van der Waals surface area contributed by atoms with Crippen molar-refractivity contribution in [1.29, 1.82) is 0 Å². The molecule has 0 atom stereocenters. The zero-order valence-electron chi connectivity index (χ0n) is 14.8. The Morgan fingerprint density at radius 3 is 2.54 bits per heavy atom. The molecule has 2 aromatic carbocycles. The third-order valence-corrected chi connectivity index (χ3v) is 5.34. The second kappa shape index (κ2) is 9.61. The zero-order valence-corrected chi connectivity index (χ0v) is 17.9. The fourth-order valence-corrected chi connectivity index (χ4v) is 3.96. The second-order valence-corrected chi connectivity index (χ2v) is 7.93. The van der Waals surface area contributed by atoms with Crippen LogP contribution in [0.15, 0.2) is 42.5 Å². The number of nitrogens with zero attached hydrogens (tertiary/aromatic N) is 1. The molecule has 3 rings (SSSR count). The normalized spacial score (nSPS) is 13.8. The average Bonchev–Trinajstić information content (AvgIpc) is 3.15. The third kappa shape index (κ3) is 5.39. The van der Waals surface area contributed by atoms with Gasteiger partial charge in [0.1, 0.15) is 0 Å². The summed E-state index contributed by atoms with van der Waals surface area (Å²) in [6.45, 7) is 1.89. The minimum Gasteiger partial charge on any atom is -0.369 e. The van der Waals surface area contributed by atoms with Gasteiger partial charge in [-0.15, -0.1) is 0 Å². The Hall–Kier alpha value is -1.79. The Labute approximate surface area is 184 Å². The summed E-state index contributed by atoms with van der Waals surface area (Å²) in [4.78, 5) is 14.4. The maximum absolute atomic E-state index is 12.2. The highest BCUT2D eigenvalue weighted by atomic mass is 35.5. The van der Waals surface area contributed by atoms with Crippen LogP contribution in [-0.2, 0) is 4.79 Å². The number of para-hydroxylation sites is 1. The lowest BCUT2D eigenvalue weighted by Crippen LogP contribution is -2.33. The third-order valence-electron chi connectivity index (χ3n) is 4.27. The van der Waals surface area contributed by atoms with Crippen LogP contribution in [0.25, 0.3) is 6.08 Å². The van der Waals surface area contributed by atoms with Gasteiger partial charge in [0.05, 0.1) is 16.4 Å². The van der Waals surface area contributed by atoms with Gasteiger partial charge < -0.3 is 10.2 Å². The van der Waals surface area contributed by atoms with E-state index in [9.17, 15) is 4.79 Å². The van der Waals surface area contributed by atoms with E-state index in [4.69, 9.17) is 47.0 Å². The molecule has 0 saturated carbocycles. The Morgan fingerprint density at radius 2 is 1.82 bits per heavy atom. The molecule has 1 aliphatic rings. The lowest BCUT2D eigenvalue weighted by Gasteiger charge is -2.23. The van der Waals surface area contributed by atoms with Crippen molar-refractivity contribution in [3.05, 3.63) is 63.1 Å². The highest BCUT2D eigenvalue weighted by Gasteiger charge is 2.19. The standard InChI is InChI=1S/C20H18Cl3N3OS/c21-14-8-6-13(16(23)12-14)7-9-18(27)25-20(28)24-17-5-3-4-15(22)19(17)26-10-1-2-11-26/h3-9,12H,1-2,10-11H2,(H2,24,25,27,28). The lowest BCUT2D eigenvalue weighted by atomic mass is 10.2. The van der Waals surface area contributed by atoms with Gasteiger partial charge in [-0.1, -0.05) is 46.9 Å². The Bertz CT molecular complexity index is 927. The summed E-state index contributed by atoms with van der Waals surface area (Å²) in [6, 6.07) is 10.6. The van der Waals surface area contributed by atoms with E-state index in [0.717, 1.165) is 37.3 Å². The van der Waals surface area contributed by atoms with Gasteiger partial charge in [-0.05, 0) is 61.0 Å².